The Balaban J connectivity index is 1.23. The highest BCUT2D eigenvalue weighted by Crippen LogP contribution is 2.43. The Morgan fingerprint density at radius 2 is 1.22 bits per heavy atom. The summed E-state index contributed by atoms with van der Waals surface area (Å²) in [5.41, 5.74) is 9.92. The summed E-state index contributed by atoms with van der Waals surface area (Å²) < 4.78 is 3.77. The van der Waals surface area contributed by atoms with E-state index in [9.17, 15) is 0 Å². The number of aromatic nitrogens is 8. The van der Waals surface area contributed by atoms with Crippen LogP contribution in [0, 0.1) is 0 Å². The molecule has 0 aliphatic carbocycles. The SMILES string of the molecule is CCCc1nn2nc(CC)c(Cc3ccc(-c4ccccc4-c4nnnn4C(c4ccccc4)(c4ccccc4)c4ccccc4)cc3)c2[nH]1. The molecule has 3 aromatic heterocycles. The van der Waals surface area contributed by atoms with E-state index in [1.807, 2.05) is 22.9 Å². The summed E-state index contributed by atoms with van der Waals surface area (Å²) in [5, 5.41) is 23.3. The summed E-state index contributed by atoms with van der Waals surface area (Å²) >= 11 is 0. The lowest BCUT2D eigenvalue weighted by atomic mass is 9.77. The van der Waals surface area contributed by atoms with Crippen LogP contribution < -0.4 is 0 Å². The van der Waals surface area contributed by atoms with Gasteiger partial charge in [0.1, 0.15) is 11.4 Å². The number of rotatable bonds is 11. The zero-order valence-corrected chi connectivity index (χ0v) is 28.2. The van der Waals surface area contributed by atoms with Gasteiger partial charge in [-0.1, -0.05) is 153 Å². The zero-order valence-electron chi connectivity index (χ0n) is 28.2. The van der Waals surface area contributed by atoms with Crippen molar-refractivity contribution in [3.05, 3.63) is 179 Å². The van der Waals surface area contributed by atoms with Crippen LogP contribution in [-0.4, -0.2) is 40.0 Å². The van der Waals surface area contributed by atoms with Crippen molar-refractivity contribution in [3.63, 3.8) is 0 Å². The molecule has 0 aliphatic rings. The quantitative estimate of drug-likeness (QED) is 0.142. The number of tetrazole rings is 1. The number of hydrogen-bond donors (Lipinski definition) is 1. The number of nitrogens with zero attached hydrogens (tertiary/aromatic N) is 7. The Labute approximate surface area is 291 Å². The van der Waals surface area contributed by atoms with Gasteiger partial charge in [-0.3, -0.25) is 0 Å². The molecule has 1 N–H and O–H groups in total. The van der Waals surface area contributed by atoms with Gasteiger partial charge in [-0.2, -0.15) is 5.10 Å². The molecule has 0 saturated heterocycles. The van der Waals surface area contributed by atoms with Gasteiger partial charge in [0.05, 0.1) is 5.69 Å². The van der Waals surface area contributed by atoms with Gasteiger partial charge in [-0.15, -0.1) is 14.8 Å². The first-order chi connectivity index (χ1) is 24.7. The van der Waals surface area contributed by atoms with Gasteiger partial charge in [0.15, 0.2) is 11.5 Å². The molecule has 0 unspecified atom stereocenters. The molecule has 246 valence electrons. The second-order valence-electron chi connectivity index (χ2n) is 12.6. The Kier molecular flexibility index (Phi) is 8.34. The number of fused-ring (bicyclic) bond motifs is 1. The van der Waals surface area contributed by atoms with Crippen molar-refractivity contribution in [2.75, 3.05) is 0 Å². The molecular weight excluding hydrogens is 617 g/mol. The lowest BCUT2D eigenvalue weighted by Gasteiger charge is -2.36. The minimum Gasteiger partial charge on any atom is -0.325 e. The number of aryl methyl sites for hydroxylation is 2. The Hall–Kier alpha value is -6.15. The second-order valence-corrected chi connectivity index (χ2v) is 12.6. The molecule has 3 heterocycles. The maximum Gasteiger partial charge on any atom is 0.184 e. The van der Waals surface area contributed by atoms with E-state index in [0.29, 0.717) is 5.82 Å². The van der Waals surface area contributed by atoms with Crippen LogP contribution in [0.5, 0.6) is 0 Å². The number of benzene rings is 5. The number of aromatic amines is 1. The van der Waals surface area contributed by atoms with E-state index in [0.717, 1.165) is 76.2 Å². The molecule has 5 aromatic carbocycles. The fourth-order valence-electron chi connectivity index (χ4n) is 7.20. The van der Waals surface area contributed by atoms with Gasteiger partial charge in [-0.05, 0) is 56.6 Å². The first-order valence-electron chi connectivity index (χ1n) is 17.3. The molecule has 0 spiro atoms. The summed E-state index contributed by atoms with van der Waals surface area (Å²) in [6, 6.07) is 48.7. The third kappa shape index (κ3) is 5.39. The third-order valence-electron chi connectivity index (χ3n) is 9.53. The molecule has 0 atom stereocenters. The molecule has 8 aromatic rings. The van der Waals surface area contributed by atoms with Gasteiger partial charge < -0.3 is 4.98 Å². The Morgan fingerprint density at radius 3 is 1.80 bits per heavy atom. The smallest absolute Gasteiger partial charge is 0.184 e. The van der Waals surface area contributed by atoms with Crippen molar-refractivity contribution in [2.24, 2.45) is 0 Å². The second kappa shape index (κ2) is 13.4. The van der Waals surface area contributed by atoms with Crippen molar-refractivity contribution in [1.82, 2.24) is 40.0 Å². The molecule has 0 aliphatic heterocycles. The average Bonchev–Trinajstić information content (AvgIpc) is 3.90. The highest BCUT2D eigenvalue weighted by atomic mass is 15.6. The Bertz CT molecular complexity index is 2240. The van der Waals surface area contributed by atoms with Gasteiger partial charge in [0.2, 0.25) is 0 Å². The van der Waals surface area contributed by atoms with Crippen LogP contribution in [0.25, 0.3) is 28.2 Å². The van der Waals surface area contributed by atoms with E-state index >= 15 is 0 Å². The highest BCUT2D eigenvalue weighted by molar-refractivity contribution is 5.81. The predicted molar refractivity (Wildman–Crippen MR) is 197 cm³/mol. The van der Waals surface area contributed by atoms with Crippen LogP contribution in [0.4, 0.5) is 0 Å². The van der Waals surface area contributed by atoms with E-state index in [-0.39, 0.29) is 0 Å². The first-order valence-corrected chi connectivity index (χ1v) is 17.3. The Morgan fingerprint density at radius 1 is 0.640 bits per heavy atom. The van der Waals surface area contributed by atoms with Crippen molar-refractivity contribution in [3.8, 4) is 22.5 Å². The minimum absolute atomic E-state index is 0.679. The lowest BCUT2D eigenvalue weighted by molar-refractivity contribution is 0.451. The summed E-state index contributed by atoms with van der Waals surface area (Å²) in [6.07, 6.45) is 3.57. The van der Waals surface area contributed by atoms with Crippen molar-refractivity contribution in [1.29, 1.82) is 0 Å². The molecule has 8 rings (SSSR count). The molecule has 0 saturated carbocycles. The highest BCUT2D eigenvalue weighted by Gasteiger charge is 2.42. The molecule has 8 heteroatoms. The van der Waals surface area contributed by atoms with E-state index in [1.54, 1.807) is 4.63 Å². The maximum atomic E-state index is 4.78. The van der Waals surface area contributed by atoms with E-state index in [2.05, 4.69) is 150 Å². The van der Waals surface area contributed by atoms with Gasteiger partial charge >= 0.3 is 0 Å². The van der Waals surface area contributed by atoms with Gasteiger partial charge in [0.25, 0.3) is 0 Å². The topological polar surface area (TPSA) is 89.6 Å². The molecule has 50 heavy (non-hydrogen) atoms. The first kappa shape index (κ1) is 31.1. The molecular formula is C42H38N8. The largest absolute Gasteiger partial charge is 0.325 e. The monoisotopic (exact) mass is 654 g/mol. The van der Waals surface area contributed by atoms with Gasteiger partial charge in [0, 0.05) is 24.0 Å². The normalized spacial score (nSPS) is 11.7. The van der Waals surface area contributed by atoms with Crippen LogP contribution in [0.1, 0.15) is 59.6 Å². The average molecular weight is 655 g/mol. The predicted octanol–water partition coefficient (Wildman–Crippen LogP) is 8.32. The van der Waals surface area contributed by atoms with E-state index in [1.165, 1.54) is 11.1 Å². The number of hydrogen-bond acceptors (Lipinski definition) is 5. The maximum absolute atomic E-state index is 4.78. The summed E-state index contributed by atoms with van der Waals surface area (Å²) in [7, 11) is 0. The van der Waals surface area contributed by atoms with Crippen molar-refractivity contribution in [2.45, 2.75) is 45.1 Å². The van der Waals surface area contributed by atoms with Crippen molar-refractivity contribution < 1.29 is 0 Å². The minimum atomic E-state index is -0.836. The molecule has 0 bridgehead atoms. The van der Waals surface area contributed by atoms with Crippen LogP contribution >= 0.6 is 0 Å². The van der Waals surface area contributed by atoms with Crippen LogP contribution in [-0.2, 0) is 24.8 Å². The van der Waals surface area contributed by atoms with Crippen LogP contribution in [0.3, 0.4) is 0 Å². The summed E-state index contributed by atoms with van der Waals surface area (Å²) in [6.45, 7) is 4.31. The molecule has 0 radical (unpaired) electrons. The van der Waals surface area contributed by atoms with Crippen molar-refractivity contribution >= 4 is 5.65 Å². The zero-order chi connectivity index (χ0) is 33.9. The van der Waals surface area contributed by atoms with Gasteiger partial charge in [-0.25, -0.2) is 4.68 Å². The standard InChI is InChI=1S/C42H38N8/c1-3-16-39-43-40-37(38(4-2)45-50(40)46-39)29-30-25-27-31(28-26-30)35-23-14-15-24-36(35)41-44-47-48-49(41)42(32-17-8-5-9-18-32,33-19-10-6-11-20-33)34-21-12-7-13-22-34/h5-15,17-28H,3-4,16,29H2,1-2H3,(H,43,46). The molecule has 0 amide bonds. The number of nitrogens with one attached hydrogen (secondary N) is 1. The lowest BCUT2D eigenvalue weighted by Crippen LogP contribution is -2.39. The summed E-state index contributed by atoms with van der Waals surface area (Å²) in [4.78, 5) is 3.52. The van der Waals surface area contributed by atoms with E-state index < -0.39 is 5.54 Å². The van der Waals surface area contributed by atoms with Crippen LogP contribution in [0.15, 0.2) is 140 Å². The number of H-pyrrole nitrogens is 1. The fourth-order valence-corrected chi connectivity index (χ4v) is 7.20. The molecule has 8 nitrogen and oxygen atoms in total. The fraction of sp³-hybridized carbons (Fsp3) is 0.167. The third-order valence-corrected chi connectivity index (χ3v) is 9.53. The molecule has 0 fully saturated rings. The van der Waals surface area contributed by atoms with E-state index in [4.69, 9.17) is 15.4 Å². The summed E-state index contributed by atoms with van der Waals surface area (Å²) in [5.74, 6) is 1.65. The van der Waals surface area contributed by atoms with Crippen LogP contribution in [0.2, 0.25) is 0 Å².